The Morgan fingerprint density at radius 3 is 2.52 bits per heavy atom. The van der Waals surface area contributed by atoms with Gasteiger partial charge in [0.15, 0.2) is 0 Å². The Bertz CT molecular complexity index is 938. The third-order valence-corrected chi connectivity index (χ3v) is 5.70. The smallest absolute Gasteiger partial charge is 0.127 e. The van der Waals surface area contributed by atoms with Crippen LogP contribution in [0.2, 0.25) is 0 Å². The molecule has 5 nitrogen and oxygen atoms in total. The molecule has 0 aliphatic carbocycles. The number of benzene rings is 2. The first-order chi connectivity index (χ1) is 12.9. The van der Waals surface area contributed by atoms with Gasteiger partial charge in [0.2, 0.25) is 0 Å². The molecule has 1 aliphatic rings. The summed E-state index contributed by atoms with van der Waals surface area (Å²) in [6.07, 6.45) is 2.62. The van der Waals surface area contributed by atoms with E-state index in [2.05, 4.69) is 67.5 Å². The van der Waals surface area contributed by atoms with E-state index < -0.39 is 0 Å². The third kappa shape index (κ3) is 3.03. The molecule has 2 heterocycles. The lowest BCUT2D eigenvalue weighted by Gasteiger charge is -2.25. The van der Waals surface area contributed by atoms with E-state index in [4.69, 9.17) is 10.5 Å². The average Bonchev–Trinajstić information content (AvgIpc) is 3.32. The van der Waals surface area contributed by atoms with Crippen molar-refractivity contribution in [2.75, 3.05) is 17.6 Å². The number of nitrogen functional groups attached to an aromatic ring is 1. The Labute approximate surface area is 159 Å². The Kier molecular flexibility index (Phi) is 4.10. The molecule has 2 aromatic carbocycles. The molecule has 0 radical (unpaired) electrons. The van der Waals surface area contributed by atoms with Gasteiger partial charge in [-0.2, -0.15) is 5.10 Å². The van der Waals surface area contributed by atoms with Crippen molar-refractivity contribution in [2.24, 2.45) is 0 Å². The van der Waals surface area contributed by atoms with Crippen molar-refractivity contribution in [3.05, 3.63) is 58.8 Å². The van der Waals surface area contributed by atoms with Gasteiger partial charge in [-0.3, -0.25) is 5.10 Å². The number of anilines is 2. The summed E-state index contributed by atoms with van der Waals surface area (Å²) in [4.78, 5) is 0. The van der Waals surface area contributed by atoms with Gasteiger partial charge in [0.05, 0.1) is 12.2 Å². The Balaban J connectivity index is 1.49. The molecule has 0 amide bonds. The molecule has 1 aromatic heterocycles. The fourth-order valence-corrected chi connectivity index (χ4v) is 3.79. The highest BCUT2D eigenvalue weighted by Gasteiger charge is 2.37. The highest BCUT2D eigenvalue weighted by molar-refractivity contribution is 5.67. The van der Waals surface area contributed by atoms with Crippen LogP contribution in [0.15, 0.2) is 36.5 Å². The zero-order valence-electron chi connectivity index (χ0n) is 16.3. The topological polar surface area (TPSA) is 76.0 Å². The fraction of sp³-hybridized carbons (Fsp3) is 0.318. The highest BCUT2D eigenvalue weighted by Crippen LogP contribution is 2.43. The third-order valence-electron chi connectivity index (χ3n) is 5.70. The van der Waals surface area contributed by atoms with Gasteiger partial charge in [0, 0.05) is 29.6 Å². The fourth-order valence-electron chi connectivity index (χ4n) is 3.79. The number of aromatic amines is 1. The quantitative estimate of drug-likeness (QED) is 0.602. The van der Waals surface area contributed by atoms with Gasteiger partial charge in [-0.25, -0.2) is 0 Å². The molecule has 4 rings (SSSR count). The van der Waals surface area contributed by atoms with E-state index in [1.54, 1.807) is 6.20 Å². The molecular weight excluding hydrogens is 336 g/mol. The Morgan fingerprint density at radius 1 is 1.11 bits per heavy atom. The van der Waals surface area contributed by atoms with E-state index in [0.29, 0.717) is 0 Å². The van der Waals surface area contributed by atoms with Crippen molar-refractivity contribution in [2.45, 2.75) is 39.7 Å². The molecular formula is C22H26N4O. The predicted octanol–water partition coefficient (Wildman–Crippen LogP) is 4.39. The van der Waals surface area contributed by atoms with Gasteiger partial charge < -0.3 is 15.8 Å². The molecule has 1 aliphatic heterocycles. The van der Waals surface area contributed by atoms with Gasteiger partial charge in [0.25, 0.3) is 0 Å². The van der Waals surface area contributed by atoms with Crippen LogP contribution in [-0.2, 0) is 6.42 Å². The van der Waals surface area contributed by atoms with Gasteiger partial charge in [-0.05, 0) is 68.1 Å². The lowest BCUT2D eigenvalue weighted by Crippen LogP contribution is -2.38. The summed E-state index contributed by atoms with van der Waals surface area (Å²) >= 11 is 0. The van der Waals surface area contributed by atoms with Crippen molar-refractivity contribution in [1.82, 2.24) is 10.2 Å². The van der Waals surface area contributed by atoms with Crippen LogP contribution in [0.25, 0.3) is 11.3 Å². The van der Waals surface area contributed by atoms with Crippen LogP contribution >= 0.6 is 0 Å². The normalized spacial score (nSPS) is 18.2. The number of nitrogens with zero attached hydrogens (tertiary/aromatic N) is 1. The molecule has 0 saturated carbocycles. The Morgan fingerprint density at radius 2 is 1.85 bits per heavy atom. The predicted molar refractivity (Wildman–Crippen MR) is 110 cm³/mol. The zero-order chi connectivity index (χ0) is 19.2. The summed E-state index contributed by atoms with van der Waals surface area (Å²) in [5.74, 6) is 1.01. The van der Waals surface area contributed by atoms with Crippen LogP contribution in [0, 0.1) is 20.8 Å². The monoisotopic (exact) mass is 362 g/mol. The summed E-state index contributed by atoms with van der Waals surface area (Å²) < 4.78 is 6.41. The molecule has 0 saturated heterocycles. The summed E-state index contributed by atoms with van der Waals surface area (Å²) in [6, 6.07) is 10.3. The van der Waals surface area contributed by atoms with Crippen LogP contribution in [0.1, 0.15) is 29.2 Å². The number of nitrogens with two attached hydrogens (primary N) is 1. The number of rotatable bonds is 4. The standard InChI is InChI=1S/C22H26N4O/c1-13-14(2)21-18(15(3)20(13)23)11-22(4,27-21)12-24-17-7-5-16(6-8-17)19-9-10-25-26-19/h5-10,24H,11-12,23H2,1-4H3,(H,25,26). The lowest BCUT2D eigenvalue weighted by atomic mass is 9.92. The van der Waals surface area contributed by atoms with Crippen molar-refractivity contribution in [3.8, 4) is 17.0 Å². The largest absolute Gasteiger partial charge is 0.485 e. The Hall–Kier alpha value is -2.95. The van der Waals surface area contributed by atoms with E-state index in [1.807, 2.05) is 6.07 Å². The highest BCUT2D eigenvalue weighted by atomic mass is 16.5. The molecule has 1 unspecified atom stereocenters. The van der Waals surface area contributed by atoms with E-state index in [-0.39, 0.29) is 5.60 Å². The molecule has 4 N–H and O–H groups in total. The summed E-state index contributed by atoms with van der Waals surface area (Å²) in [5.41, 5.74) is 14.8. The minimum Gasteiger partial charge on any atom is -0.485 e. The van der Waals surface area contributed by atoms with E-state index in [9.17, 15) is 0 Å². The van der Waals surface area contributed by atoms with Gasteiger partial charge in [-0.15, -0.1) is 0 Å². The molecule has 140 valence electrons. The maximum Gasteiger partial charge on any atom is 0.127 e. The van der Waals surface area contributed by atoms with Crippen molar-refractivity contribution < 1.29 is 4.74 Å². The maximum absolute atomic E-state index is 6.41. The number of hydrogen-bond donors (Lipinski definition) is 3. The van der Waals surface area contributed by atoms with E-state index in [1.165, 1.54) is 5.56 Å². The minimum absolute atomic E-state index is 0.292. The number of hydrogen-bond acceptors (Lipinski definition) is 4. The summed E-state index contributed by atoms with van der Waals surface area (Å²) in [7, 11) is 0. The first kappa shape index (κ1) is 17.5. The second-order valence-electron chi connectivity index (χ2n) is 7.73. The van der Waals surface area contributed by atoms with Crippen molar-refractivity contribution >= 4 is 11.4 Å². The SMILES string of the molecule is Cc1c(C)c2c(c(C)c1N)CC(C)(CNc1ccc(-c3ccn[nH]3)cc1)O2. The van der Waals surface area contributed by atoms with Crippen LogP contribution in [-0.4, -0.2) is 22.3 Å². The van der Waals surface area contributed by atoms with E-state index >= 15 is 0 Å². The molecule has 5 heteroatoms. The first-order valence-corrected chi connectivity index (χ1v) is 9.29. The molecule has 3 aromatic rings. The van der Waals surface area contributed by atoms with Crippen LogP contribution in [0.4, 0.5) is 11.4 Å². The van der Waals surface area contributed by atoms with Crippen molar-refractivity contribution in [1.29, 1.82) is 0 Å². The second-order valence-corrected chi connectivity index (χ2v) is 7.73. The number of aromatic nitrogens is 2. The zero-order valence-corrected chi connectivity index (χ0v) is 16.3. The van der Waals surface area contributed by atoms with Gasteiger partial charge in [0.1, 0.15) is 11.4 Å². The van der Waals surface area contributed by atoms with Gasteiger partial charge >= 0.3 is 0 Å². The number of nitrogens with one attached hydrogen (secondary N) is 2. The molecule has 1 atom stereocenters. The summed E-state index contributed by atoms with van der Waals surface area (Å²) in [6.45, 7) is 9.14. The van der Waals surface area contributed by atoms with E-state index in [0.717, 1.165) is 58.0 Å². The maximum atomic E-state index is 6.41. The lowest BCUT2D eigenvalue weighted by molar-refractivity contribution is 0.130. The molecule has 0 bridgehead atoms. The number of ether oxygens (including phenoxy) is 1. The molecule has 27 heavy (non-hydrogen) atoms. The van der Waals surface area contributed by atoms with Crippen LogP contribution < -0.4 is 15.8 Å². The second kappa shape index (κ2) is 6.34. The number of fused-ring (bicyclic) bond motifs is 1. The van der Waals surface area contributed by atoms with Crippen LogP contribution in [0.3, 0.4) is 0 Å². The van der Waals surface area contributed by atoms with Gasteiger partial charge in [-0.1, -0.05) is 12.1 Å². The van der Waals surface area contributed by atoms with Crippen molar-refractivity contribution in [3.63, 3.8) is 0 Å². The summed E-state index contributed by atoms with van der Waals surface area (Å²) in [5, 5.41) is 10.5. The molecule has 0 spiro atoms. The average molecular weight is 362 g/mol. The van der Waals surface area contributed by atoms with Crippen LogP contribution in [0.5, 0.6) is 5.75 Å². The number of H-pyrrole nitrogens is 1. The first-order valence-electron chi connectivity index (χ1n) is 9.29. The minimum atomic E-state index is -0.292. The molecule has 0 fully saturated rings.